The summed E-state index contributed by atoms with van der Waals surface area (Å²) >= 11 is 0. The quantitative estimate of drug-likeness (QED) is 0.749. The smallest absolute Gasteiger partial charge is 0.259 e. The van der Waals surface area contributed by atoms with Crippen LogP contribution in [0.15, 0.2) is 64.2 Å². The second-order valence-electron chi connectivity index (χ2n) is 4.85. The van der Waals surface area contributed by atoms with Crippen molar-refractivity contribution in [3.05, 3.63) is 66.5 Å². The lowest BCUT2D eigenvalue weighted by molar-refractivity contribution is 0.101. The van der Waals surface area contributed by atoms with Crippen LogP contribution in [0.2, 0.25) is 0 Å². The molecule has 3 aromatic rings. The van der Waals surface area contributed by atoms with Crippen LogP contribution in [0, 0.1) is 0 Å². The Balaban J connectivity index is 1.75. The van der Waals surface area contributed by atoms with E-state index in [-0.39, 0.29) is 11.8 Å². The van der Waals surface area contributed by atoms with Crippen LogP contribution < -0.4 is 15.4 Å². The predicted octanol–water partition coefficient (Wildman–Crippen LogP) is 3.39. The number of nitrogens with one attached hydrogen (secondary N) is 2. The fraction of sp³-hybridized carbons (Fsp3) is 0.0588. The second-order valence-corrected chi connectivity index (χ2v) is 4.85. The third-order valence-corrected chi connectivity index (χ3v) is 3.27. The molecular weight excluding hydrogens is 312 g/mol. The fourth-order valence-corrected chi connectivity index (χ4v) is 2.06. The highest BCUT2D eigenvalue weighted by atomic mass is 16.5. The van der Waals surface area contributed by atoms with Gasteiger partial charge in [0.15, 0.2) is 0 Å². The van der Waals surface area contributed by atoms with Gasteiger partial charge in [-0.15, -0.1) is 0 Å². The highest BCUT2D eigenvalue weighted by molar-refractivity contribution is 6.06. The summed E-state index contributed by atoms with van der Waals surface area (Å²) < 4.78 is 15.0. The standard InChI is InChI=1S/C17H14N2O5/c1-22-15-8-13(18-16(20)11-4-6-23-9-11)2-3-14(15)19-17(21)12-5-7-24-10-12/h2-10H,1H3,(H,18,20)(H,19,21). The molecule has 0 unspecified atom stereocenters. The molecule has 24 heavy (non-hydrogen) atoms. The van der Waals surface area contributed by atoms with Crippen LogP contribution in [0.25, 0.3) is 0 Å². The Morgan fingerprint density at radius 3 is 2.08 bits per heavy atom. The Labute approximate surface area is 137 Å². The van der Waals surface area contributed by atoms with Gasteiger partial charge >= 0.3 is 0 Å². The monoisotopic (exact) mass is 326 g/mol. The van der Waals surface area contributed by atoms with Crippen LogP contribution in [-0.2, 0) is 0 Å². The summed E-state index contributed by atoms with van der Waals surface area (Å²) in [6, 6.07) is 8.03. The molecule has 0 spiro atoms. The van der Waals surface area contributed by atoms with Crippen molar-refractivity contribution in [2.45, 2.75) is 0 Å². The lowest BCUT2D eigenvalue weighted by atomic mass is 10.2. The van der Waals surface area contributed by atoms with Gasteiger partial charge in [0.1, 0.15) is 18.3 Å². The van der Waals surface area contributed by atoms with Crippen molar-refractivity contribution in [2.24, 2.45) is 0 Å². The molecule has 0 saturated carbocycles. The predicted molar refractivity (Wildman–Crippen MR) is 86.3 cm³/mol. The number of methoxy groups -OCH3 is 1. The lowest BCUT2D eigenvalue weighted by Crippen LogP contribution is -2.13. The molecular formula is C17H14N2O5. The number of ether oxygens (including phenoxy) is 1. The van der Waals surface area contributed by atoms with Crippen molar-refractivity contribution in [2.75, 3.05) is 17.7 Å². The van der Waals surface area contributed by atoms with Crippen molar-refractivity contribution < 1.29 is 23.2 Å². The van der Waals surface area contributed by atoms with E-state index in [4.69, 9.17) is 13.6 Å². The third-order valence-electron chi connectivity index (χ3n) is 3.27. The maximum Gasteiger partial charge on any atom is 0.259 e. The topological polar surface area (TPSA) is 93.7 Å². The third kappa shape index (κ3) is 3.30. The highest BCUT2D eigenvalue weighted by Gasteiger charge is 2.13. The zero-order valence-corrected chi connectivity index (χ0v) is 12.7. The van der Waals surface area contributed by atoms with Crippen LogP contribution in [0.1, 0.15) is 20.7 Å². The Kier molecular flexibility index (Phi) is 4.33. The molecule has 7 nitrogen and oxygen atoms in total. The van der Waals surface area contributed by atoms with Crippen LogP contribution in [-0.4, -0.2) is 18.9 Å². The van der Waals surface area contributed by atoms with Gasteiger partial charge < -0.3 is 24.2 Å². The van der Waals surface area contributed by atoms with E-state index in [9.17, 15) is 9.59 Å². The Bertz CT molecular complexity index is 838. The van der Waals surface area contributed by atoms with Crippen LogP contribution in [0.5, 0.6) is 5.75 Å². The summed E-state index contributed by atoms with van der Waals surface area (Å²) in [5.41, 5.74) is 1.81. The number of rotatable bonds is 5. The van der Waals surface area contributed by atoms with E-state index < -0.39 is 0 Å². The van der Waals surface area contributed by atoms with Crippen molar-refractivity contribution >= 4 is 23.2 Å². The molecule has 0 saturated heterocycles. The molecule has 122 valence electrons. The first kappa shape index (κ1) is 15.4. The van der Waals surface area contributed by atoms with Crippen molar-refractivity contribution in [1.82, 2.24) is 0 Å². The van der Waals surface area contributed by atoms with Gasteiger partial charge in [0.05, 0.1) is 36.5 Å². The molecule has 0 aliphatic carbocycles. The van der Waals surface area contributed by atoms with Gasteiger partial charge in [-0.05, 0) is 24.3 Å². The highest BCUT2D eigenvalue weighted by Crippen LogP contribution is 2.28. The molecule has 1 aromatic carbocycles. The average Bonchev–Trinajstić information content (AvgIpc) is 3.29. The Hall–Kier alpha value is -3.48. The zero-order chi connectivity index (χ0) is 16.9. The van der Waals surface area contributed by atoms with Gasteiger partial charge in [0, 0.05) is 11.8 Å². The van der Waals surface area contributed by atoms with E-state index in [0.717, 1.165) is 0 Å². The van der Waals surface area contributed by atoms with Gasteiger partial charge in [-0.3, -0.25) is 9.59 Å². The lowest BCUT2D eigenvalue weighted by Gasteiger charge is -2.12. The zero-order valence-electron chi connectivity index (χ0n) is 12.7. The van der Waals surface area contributed by atoms with E-state index in [0.29, 0.717) is 28.3 Å². The molecule has 2 aromatic heterocycles. The van der Waals surface area contributed by atoms with Crippen molar-refractivity contribution in [1.29, 1.82) is 0 Å². The number of anilines is 2. The van der Waals surface area contributed by atoms with Gasteiger partial charge in [0.2, 0.25) is 0 Å². The maximum atomic E-state index is 12.1. The molecule has 0 aliphatic rings. The van der Waals surface area contributed by atoms with Gasteiger partial charge in [-0.1, -0.05) is 0 Å². The van der Waals surface area contributed by atoms with E-state index in [2.05, 4.69) is 10.6 Å². The summed E-state index contributed by atoms with van der Waals surface area (Å²) in [6.45, 7) is 0. The molecule has 2 amide bonds. The molecule has 2 N–H and O–H groups in total. The van der Waals surface area contributed by atoms with Crippen molar-refractivity contribution in [3.63, 3.8) is 0 Å². The molecule has 2 heterocycles. The minimum Gasteiger partial charge on any atom is -0.494 e. The largest absolute Gasteiger partial charge is 0.494 e. The normalized spacial score (nSPS) is 10.2. The number of furan rings is 2. The summed E-state index contributed by atoms with van der Waals surface area (Å²) in [5, 5.41) is 5.44. The number of carbonyl (C=O) groups excluding carboxylic acids is 2. The van der Waals surface area contributed by atoms with Crippen molar-refractivity contribution in [3.8, 4) is 5.75 Å². The summed E-state index contributed by atoms with van der Waals surface area (Å²) in [7, 11) is 1.48. The maximum absolute atomic E-state index is 12.1. The van der Waals surface area contributed by atoms with E-state index >= 15 is 0 Å². The summed E-state index contributed by atoms with van der Waals surface area (Å²) in [5.74, 6) is -0.213. The number of hydrogen-bond acceptors (Lipinski definition) is 5. The van der Waals surface area contributed by atoms with E-state index in [1.807, 2.05) is 0 Å². The van der Waals surface area contributed by atoms with Crippen LogP contribution in [0.4, 0.5) is 11.4 Å². The molecule has 0 aliphatic heterocycles. The first-order valence-electron chi connectivity index (χ1n) is 7.02. The second kappa shape index (κ2) is 6.74. The Morgan fingerprint density at radius 2 is 1.54 bits per heavy atom. The summed E-state index contributed by atoms with van der Waals surface area (Å²) in [4.78, 5) is 24.1. The molecule has 0 bridgehead atoms. The minimum atomic E-state index is -0.322. The van der Waals surface area contributed by atoms with E-state index in [1.54, 1.807) is 30.3 Å². The van der Waals surface area contributed by atoms with Gasteiger partial charge in [0.25, 0.3) is 11.8 Å². The molecule has 0 atom stereocenters. The minimum absolute atomic E-state index is 0.305. The number of amides is 2. The molecule has 0 radical (unpaired) electrons. The molecule has 7 heteroatoms. The van der Waals surface area contributed by atoms with E-state index in [1.165, 1.54) is 32.2 Å². The number of hydrogen-bond donors (Lipinski definition) is 2. The Morgan fingerprint density at radius 1 is 0.917 bits per heavy atom. The molecule has 0 fully saturated rings. The first-order chi connectivity index (χ1) is 11.7. The fourth-order valence-electron chi connectivity index (χ4n) is 2.06. The summed E-state index contributed by atoms with van der Waals surface area (Å²) in [6.07, 6.45) is 5.54. The van der Waals surface area contributed by atoms with Gasteiger partial charge in [-0.2, -0.15) is 0 Å². The number of carbonyl (C=O) groups is 2. The van der Waals surface area contributed by atoms with Gasteiger partial charge in [-0.25, -0.2) is 0 Å². The first-order valence-corrected chi connectivity index (χ1v) is 7.02. The van der Waals surface area contributed by atoms with Crippen LogP contribution in [0.3, 0.4) is 0 Å². The molecule has 3 rings (SSSR count). The average molecular weight is 326 g/mol. The SMILES string of the molecule is COc1cc(NC(=O)c2ccoc2)ccc1NC(=O)c1ccoc1. The number of benzene rings is 1. The van der Waals surface area contributed by atoms with Crippen LogP contribution >= 0.6 is 0 Å².